The van der Waals surface area contributed by atoms with Crippen molar-refractivity contribution in [2.24, 2.45) is 33.7 Å². The Balaban J connectivity index is 1.55. The van der Waals surface area contributed by atoms with Crippen LogP contribution in [0.1, 0.15) is 125 Å². The van der Waals surface area contributed by atoms with Crippen LogP contribution in [-0.4, -0.2) is 81.8 Å². The van der Waals surface area contributed by atoms with Crippen molar-refractivity contribution in [3.05, 3.63) is 32.2 Å². The van der Waals surface area contributed by atoms with Gasteiger partial charge in [0, 0.05) is 10.8 Å². The second kappa shape index (κ2) is 16.4. The third kappa shape index (κ3) is 8.32. The summed E-state index contributed by atoms with van der Waals surface area (Å²) < 4.78 is 12.3. The van der Waals surface area contributed by atoms with Gasteiger partial charge in [-0.25, -0.2) is 20.0 Å². The maximum absolute atomic E-state index is 13.8. The maximum atomic E-state index is 13.8. The van der Waals surface area contributed by atoms with Crippen molar-refractivity contribution < 1.29 is 28.7 Å². The van der Waals surface area contributed by atoms with Gasteiger partial charge in [0.1, 0.15) is 45.7 Å². The normalized spacial score (nSPS) is 29.8. The van der Waals surface area contributed by atoms with E-state index in [2.05, 4.69) is 31.2 Å². The lowest BCUT2D eigenvalue weighted by atomic mass is 9.98. The lowest BCUT2D eigenvalue weighted by molar-refractivity contribution is -0.125. The van der Waals surface area contributed by atoms with Gasteiger partial charge in [0.15, 0.2) is 12.1 Å². The van der Waals surface area contributed by atoms with Crippen molar-refractivity contribution >= 4 is 58.1 Å². The SMILES string of the molecule is CCC(C)[C@@H]1NC(=O)c2csc(n2)C(C(C)C)NC(=O)[C@H]2N=C(O[C@@H]2C)[C@H](C(C)CC)NC(=O)c2csc(n2)C(C(C)C)NC(=O)[C@H]2N=C1O[C@@H]2C. The fraction of sp³-hybridized carbons (Fsp3) is 0.667. The first-order valence-electron chi connectivity index (χ1n) is 18.2. The number of nitrogens with zero attached hydrogens (tertiary/aromatic N) is 4. The molecule has 0 aliphatic carbocycles. The molecule has 5 heterocycles. The van der Waals surface area contributed by atoms with Crippen molar-refractivity contribution in [2.75, 3.05) is 0 Å². The highest BCUT2D eigenvalue weighted by Gasteiger charge is 2.42. The number of aliphatic imine (C=N–C) groups is 2. The molecular formula is C36H52N8O6S2. The predicted octanol–water partition coefficient (Wildman–Crippen LogP) is 4.60. The second-order valence-electron chi connectivity index (χ2n) is 14.7. The molecule has 4 N–H and O–H groups in total. The summed E-state index contributed by atoms with van der Waals surface area (Å²) in [6.45, 7) is 19.4. The molecule has 4 unspecified atom stereocenters. The highest BCUT2D eigenvalue weighted by Crippen LogP contribution is 2.30. The molecule has 3 aliphatic heterocycles. The second-order valence-corrected chi connectivity index (χ2v) is 16.5. The van der Waals surface area contributed by atoms with Crippen LogP contribution in [0.15, 0.2) is 20.7 Å². The van der Waals surface area contributed by atoms with E-state index in [1.807, 2.05) is 55.4 Å². The Hall–Kier alpha value is -3.92. The number of hydrogen-bond acceptors (Lipinski definition) is 12. The average Bonchev–Trinajstić information content (AvgIpc) is 3.92. The third-order valence-electron chi connectivity index (χ3n) is 10.1. The van der Waals surface area contributed by atoms with Crippen LogP contribution in [0, 0.1) is 23.7 Å². The molecule has 0 radical (unpaired) electrons. The Bertz CT molecular complexity index is 1580. The molecule has 3 aliphatic rings. The molecule has 2 aromatic rings. The summed E-state index contributed by atoms with van der Waals surface area (Å²) in [4.78, 5) is 73.7. The van der Waals surface area contributed by atoms with E-state index in [1.165, 1.54) is 22.7 Å². The number of hydrogen-bond donors (Lipinski definition) is 4. The minimum Gasteiger partial charge on any atom is -0.474 e. The highest BCUT2D eigenvalue weighted by molar-refractivity contribution is 7.10. The molecule has 10 atom stereocenters. The summed E-state index contributed by atoms with van der Waals surface area (Å²) in [5, 5.41) is 16.8. The molecule has 4 amide bonds. The standard InChI is InChI=1S/C36H52N8O6S2/c1-11-17(7)25-33-43-27(19(9)49-33)31(47)39-24(16(5)6)36-38-22(14-52-36)30(46)42-26(18(8)12-2)34-44-28(20(10)50-34)32(48)40-23(15(3)4)35-37-21(13-51-35)29(45)41-25/h13-20,23-28H,11-12H2,1-10H3,(H,39,47)(H,40,48)(H,41,45)(H,42,46)/t17?,18?,19-,20-,23?,24?,25+,26+,27+,28+/m1/s1. The first-order valence-corrected chi connectivity index (χ1v) is 20.0. The quantitative estimate of drug-likeness (QED) is 0.330. The molecule has 52 heavy (non-hydrogen) atoms. The first kappa shape index (κ1) is 39.3. The number of amides is 4. The minimum atomic E-state index is -0.857. The maximum Gasteiger partial charge on any atom is 0.271 e. The molecule has 16 heteroatoms. The van der Waals surface area contributed by atoms with Gasteiger partial charge in [-0.1, -0.05) is 68.2 Å². The number of aromatic nitrogens is 2. The van der Waals surface area contributed by atoms with E-state index in [4.69, 9.17) is 19.5 Å². The van der Waals surface area contributed by atoms with E-state index in [0.29, 0.717) is 22.9 Å². The summed E-state index contributed by atoms with van der Waals surface area (Å²) >= 11 is 2.57. The lowest BCUT2D eigenvalue weighted by Crippen LogP contribution is -2.46. The number of rotatable bonds is 6. The van der Waals surface area contributed by atoms with Crippen LogP contribution in [0.5, 0.6) is 0 Å². The highest BCUT2D eigenvalue weighted by atomic mass is 32.1. The van der Waals surface area contributed by atoms with Crippen molar-refractivity contribution in [3.8, 4) is 0 Å². The zero-order chi connectivity index (χ0) is 38.0. The summed E-state index contributed by atoms with van der Waals surface area (Å²) in [7, 11) is 0. The molecule has 0 saturated heterocycles. The molecule has 284 valence electrons. The van der Waals surface area contributed by atoms with Gasteiger partial charge in [0.25, 0.3) is 11.8 Å². The summed E-state index contributed by atoms with van der Waals surface area (Å²) in [6.07, 6.45) is 0.257. The molecule has 8 bridgehead atoms. The molecule has 2 aromatic heterocycles. The van der Waals surface area contributed by atoms with Crippen LogP contribution in [0.4, 0.5) is 0 Å². The number of carbonyl (C=O) groups is 4. The van der Waals surface area contributed by atoms with E-state index in [0.717, 1.165) is 0 Å². The largest absolute Gasteiger partial charge is 0.474 e. The molecule has 5 rings (SSSR count). The van der Waals surface area contributed by atoms with Crippen molar-refractivity contribution in [3.63, 3.8) is 0 Å². The third-order valence-corrected chi connectivity index (χ3v) is 11.9. The predicted molar refractivity (Wildman–Crippen MR) is 201 cm³/mol. The zero-order valence-corrected chi connectivity index (χ0v) is 33.2. The number of fused-ring (bicyclic) bond motifs is 6. The number of ether oxygens (including phenoxy) is 2. The molecule has 0 fully saturated rings. The van der Waals surface area contributed by atoms with Crippen molar-refractivity contribution in [2.45, 2.75) is 131 Å². The van der Waals surface area contributed by atoms with Gasteiger partial charge >= 0.3 is 0 Å². The fourth-order valence-corrected chi connectivity index (χ4v) is 8.32. The van der Waals surface area contributed by atoms with Gasteiger partial charge in [-0.05, 0) is 37.5 Å². The Morgan fingerprint density at radius 3 is 1.31 bits per heavy atom. The van der Waals surface area contributed by atoms with Crippen LogP contribution in [0.2, 0.25) is 0 Å². The summed E-state index contributed by atoms with van der Waals surface area (Å²) in [5.74, 6) is -1.19. The zero-order valence-electron chi connectivity index (χ0n) is 31.6. The summed E-state index contributed by atoms with van der Waals surface area (Å²) in [6, 6.07) is -3.92. The van der Waals surface area contributed by atoms with Crippen LogP contribution >= 0.6 is 22.7 Å². The molecule has 0 spiro atoms. The molecular weight excluding hydrogens is 705 g/mol. The van der Waals surface area contributed by atoms with Gasteiger partial charge in [0.2, 0.25) is 23.6 Å². The van der Waals surface area contributed by atoms with Gasteiger partial charge in [0.05, 0.1) is 12.1 Å². The van der Waals surface area contributed by atoms with Gasteiger partial charge in [-0.15, -0.1) is 22.7 Å². The van der Waals surface area contributed by atoms with Crippen molar-refractivity contribution in [1.29, 1.82) is 0 Å². The molecule has 0 aromatic carbocycles. The topological polar surface area (TPSA) is 185 Å². The van der Waals surface area contributed by atoms with Crippen molar-refractivity contribution in [1.82, 2.24) is 31.2 Å². The number of carbonyl (C=O) groups excluding carboxylic acids is 4. The Kier molecular flexibility index (Phi) is 12.4. The Labute approximate surface area is 313 Å². The monoisotopic (exact) mass is 756 g/mol. The van der Waals surface area contributed by atoms with Gasteiger partial charge in [-0.3, -0.25) is 19.2 Å². The Morgan fingerprint density at radius 1 is 0.615 bits per heavy atom. The van der Waals surface area contributed by atoms with E-state index >= 15 is 0 Å². The van der Waals surface area contributed by atoms with E-state index in [-0.39, 0.29) is 58.7 Å². The summed E-state index contributed by atoms with van der Waals surface area (Å²) in [5.41, 5.74) is 0.410. The fourth-order valence-electron chi connectivity index (χ4n) is 6.28. The minimum absolute atomic E-state index is 0.0604. The van der Waals surface area contributed by atoms with E-state index in [9.17, 15) is 19.2 Å². The average molecular weight is 757 g/mol. The van der Waals surface area contributed by atoms with E-state index in [1.54, 1.807) is 24.6 Å². The lowest BCUT2D eigenvalue weighted by Gasteiger charge is -2.24. The number of thiazole rings is 2. The smallest absolute Gasteiger partial charge is 0.271 e. The molecule has 0 saturated carbocycles. The van der Waals surface area contributed by atoms with E-state index < -0.39 is 60.3 Å². The number of nitrogens with one attached hydrogen (secondary N) is 4. The van der Waals surface area contributed by atoms with Gasteiger partial charge in [-0.2, -0.15) is 0 Å². The van der Waals surface area contributed by atoms with Crippen LogP contribution in [0.25, 0.3) is 0 Å². The van der Waals surface area contributed by atoms with Crippen LogP contribution in [0.3, 0.4) is 0 Å². The first-order chi connectivity index (χ1) is 24.6. The Morgan fingerprint density at radius 2 is 0.981 bits per heavy atom. The van der Waals surface area contributed by atoms with Gasteiger partial charge < -0.3 is 30.7 Å². The molecule has 14 nitrogen and oxygen atoms in total. The van der Waals surface area contributed by atoms with Crippen LogP contribution in [-0.2, 0) is 19.1 Å². The van der Waals surface area contributed by atoms with Crippen LogP contribution < -0.4 is 21.3 Å².